The van der Waals surface area contributed by atoms with Crippen LogP contribution in [-0.2, 0) is 19.6 Å². The second-order valence-electron chi connectivity index (χ2n) is 7.10. The molecule has 0 spiro atoms. The highest BCUT2D eigenvalue weighted by molar-refractivity contribution is 7.89. The Bertz CT molecular complexity index is 842. The smallest absolute Gasteiger partial charge is 0.340 e. The number of carbonyl (C=O) groups is 2. The van der Waals surface area contributed by atoms with E-state index in [0.717, 1.165) is 25.9 Å². The highest BCUT2D eigenvalue weighted by Crippen LogP contribution is 2.29. The van der Waals surface area contributed by atoms with Crippen LogP contribution in [0.25, 0.3) is 0 Å². The van der Waals surface area contributed by atoms with Gasteiger partial charge in [0, 0.05) is 39.3 Å². The molecule has 9 heteroatoms. The Morgan fingerprint density at radius 2 is 1.60 bits per heavy atom. The van der Waals surface area contributed by atoms with Crippen molar-refractivity contribution in [3.63, 3.8) is 0 Å². The minimum absolute atomic E-state index is 0.0520. The summed E-state index contributed by atoms with van der Waals surface area (Å²) in [5, 5.41) is 0. The zero-order valence-corrected chi connectivity index (χ0v) is 19.2. The lowest BCUT2D eigenvalue weighted by Crippen LogP contribution is -2.34. The molecule has 1 saturated heterocycles. The summed E-state index contributed by atoms with van der Waals surface area (Å²) in [7, 11) is -3.72. The first kappa shape index (κ1) is 24.1. The maximum atomic E-state index is 12.9. The number of esters is 1. The molecule has 1 amide bonds. The molecule has 0 saturated carbocycles. The largest absolute Gasteiger partial charge is 0.452 e. The van der Waals surface area contributed by atoms with E-state index in [9.17, 15) is 18.0 Å². The molecule has 1 fully saturated rings. The maximum Gasteiger partial charge on any atom is 0.340 e. The Hall–Kier alpha value is -2.13. The summed E-state index contributed by atoms with van der Waals surface area (Å²) >= 11 is 0. The normalized spacial score (nSPS) is 14.2. The molecule has 0 aromatic heterocycles. The lowest BCUT2D eigenvalue weighted by atomic mass is 10.1. The van der Waals surface area contributed by atoms with Crippen molar-refractivity contribution in [2.24, 2.45) is 0 Å². The average molecular weight is 440 g/mol. The third-order valence-corrected chi connectivity index (χ3v) is 7.47. The molecule has 0 aliphatic carbocycles. The van der Waals surface area contributed by atoms with E-state index in [-0.39, 0.29) is 23.0 Å². The molecule has 1 aromatic rings. The predicted molar refractivity (Wildman–Crippen MR) is 116 cm³/mol. The van der Waals surface area contributed by atoms with Crippen LogP contribution < -0.4 is 4.90 Å². The van der Waals surface area contributed by atoms with Crippen molar-refractivity contribution in [2.75, 3.05) is 50.8 Å². The van der Waals surface area contributed by atoms with E-state index in [1.807, 2.05) is 13.8 Å². The minimum atomic E-state index is -3.72. The van der Waals surface area contributed by atoms with Gasteiger partial charge in [-0.2, -0.15) is 4.31 Å². The topological polar surface area (TPSA) is 87.2 Å². The molecule has 30 heavy (non-hydrogen) atoms. The van der Waals surface area contributed by atoms with Gasteiger partial charge in [0.25, 0.3) is 5.91 Å². The maximum absolute atomic E-state index is 12.9. The van der Waals surface area contributed by atoms with E-state index in [1.54, 1.807) is 30.9 Å². The highest BCUT2D eigenvalue weighted by atomic mass is 32.2. The summed E-state index contributed by atoms with van der Waals surface area (Å²) in [6, 6.07) is 4.59. The van der Waals surface area contributed by atoms with Gasteiger partial charge < -0.3 is 14.5 Å². The van der Waals surface area contributed by atoms with Crippen LogP contribution in [0.15, 0.2) is 23.1 Å². The first-order valence-electron chi connectivity index (χ1n) is 10.6. The number of nitrogens with zero attached hydrogens (tertiary/aromatic N) is 3. The van der Waals surface area contributed by atoms with E-state index < -0.39 is 16.0 Å². The van der Waals surface area contributed by atoms with Crippen LogP contribution in [0.3, 0.4) is 0 Å². The number of sulfonamides is 1. The zero-order chi connectivity index (χ0) is 22.3. The number of ether oxygens (including phenoxy) is 1. The summed E-state index contributed by atoms with van der Waals surface area (Å²) in [5.74, 6) is -0.961. The molecule has 0 bridgehead atoms. The quantitative estimate of drug-likeness (QED) is 0.520. The molecule has 0 radical (unpaired) electrons. The summed E-state index contributed by atoms with van der Waals surface area (Å²) in [6.07, 6.45) is 2.02. The van der Waals surface area contributed by atoms with Crippen LogP contribution >= 0.6 is 0 Å². The number of hydrogen-bond acceptors (Lipinski definition) is 6. The fourth-order valence-corrected chi connectivity index (χ4v) is 5.14. The van der Waals surface area contributed by atoms with Crippen molar-refractivity contribution in [1.82, 2.24) is 9.21 Å². The van der Waals surface area contributed by atoms with E-state index in [0.29, 0.717) is 31.9 Å². The van der Waals surface area contributed by atoms with E-state index in [2.05, 4.69) is 4.90 Å². The predicted octanol–water partition coefficient (Wildman–Crippen LogP) is 2.34. The number of carbonyl (C=O) groups excluding carboxylic acids is 2. The van der Waals surface area contributed by atoms with Gasteiger partial charge in [-0.3, -0.25) is 4.79 Å². The van der Waals surface area contributed by atoms with Crippen molar-refractivity contribution in [3.8, 4) is 0 Å². The zero-order valence-electron chi connectivity index (χ0n) is 18.4. The molecule has 168 valence electrons. The van der Waals surface area contributed by atoms with Crippen LogP contribution in [0.1, 0.15) is 50.9 Å². The van der Waals surface area contributed by atoms with Gasteiger partial charge in [-0.25, -0.2) is 13.2 Å². The minimum Gasteiger partial charge on any atom is -0.452 e. The van der Waals surface area contributed by atoms with Crippen molar-refractivity contribution in [2.45, 2.75) is 45.4 Å². The van der Waals surface area contributed by atoms with Crippen molar-refractivity contribution < 1.29 is 22.7 Å². The van der Waals surface area contributed by atoms with E-state index >= 15 is 0 Å². The SMILES string of the molecule is CCN(CC)C(=O)COC(=O)c1cc(S(=O)(=O)N(CC)CC)ccc1N1CCCC1. The van der Waals surface area contributed by atoms with Gasteiger partial charge in [-0.05, 0) is 44.9 Å². The van der Waals surface area contributed by atoms with Crippen LogP contribution in [0.5, 0.6) is 0 Å². The fraction of sp³-hybridized carbons (Fsp3) is 0.619. The number of anilines is 1. The lowest BCUT2D eigenvalue weighted by molar-refractivity contribution is -0.134. The molecule has 0 atom stereocenters. The number of benzene rings is 1. The van der Waals surface area contributed by atoms with Crippen molar-refractivity contribution in [1.29, 1.82) is 0 Å². The standard InChI is InChI=1S/C21H33N3O5S/c1-5-22(6-2)20(25)16-29-21(26)18-15-17(30(27,28)24(7-3)8-4)11-12-19(18)23-13-9-10-14-23/h11-12,15H,5-10,13-14,16H2,1-4H3. The van der Waals surface area contributed by atoms with Gasteiger partial charge in [0.2, 0.25) is 10.0 Å². The number of amides is 1. The molecular formula is C21H33N3O5S. The van der Waals surface area contributed by atoms with Crippen molar-refractivity contribution in [3.05, 3.63) is 23.8 Å². The number of rotatable bonds is 10. The first-order chi connectivity index (χ1) is 14.3. The number of hydrogen-bond donors (Lipinski definition) is 0. The van der Waals surface area contributed by atoms with Gasteiger partial charge in [0.05, 0.1) is 16.1 Å². The molecule has 0 N–H and O–H groups in total. The molecule has 1 aliphatic heterocycles. The van der Waals surface area contributed by atoms with Gasteiger partial charge >= 0.3 is 5.97 Å². The monoisotopic (exact) mass is 439 g/mol. The van der Waals surface area contributed by atoms with Crippen LogP contribution in [0.2, 0.25) is 0 Å². The Labute approximate surface area is 179 Å². The Morgan fingerprint density at radius 1 is 1.00 bits per heavy atom. The number of likely N-dealkylation sites (N-methyl/N-ethyl adjacent to an activating group) is 1. The average Bonchev–Trinajstić information content (AvgIpc) is 3.27. The molecular weight excluding hydrogens is 406 g/mol. The van der Waals surface area contributed by atoms with E-state index in [4.69, 9.17) is 4.74 Å². The van der Waals surface area contributed by atoms with Crippen LogP contribution in [-0.4, -0.2) is 75.4 Å². The van der Waals surface area contributed by atoms with E-state index in [1.165, 1.54) is 10.4 Å². The van der Waals surface area contributed by atoms with Gasteiger partial charge in [0.15, 0.2) is 6.61 Å². The second-order valence-corrected chi connectivity index (χ2v) is 9.04. The Balaban J connectivity index is 2.36. The molecule has 2 rings (SSSR count). The fourth-order valence-electron chi connectivity index (χ4n) is 3.66. The molecule has 1 heterocycles. The lowest BCUT2D eigenvalue weighted by Gasteiger charge is -2.23. The summed E-state index contributed by atoms with van der Waals surface area (Å²) < 4.78 is 32.5. The van der Waals surface area contributed by atoms with Gasteiger partial charge in [-0.1, -0.05) is 13.8 Å². The van der Waals surface area contributed by atoms with Gasteiger partial charge in [0.1, 0.15) is 0 Å². The first-order valence-corrected chi connectivity index (χ1v) is 12.1. The van der Waals surface area contributed by atoms with Crippen molar-refractivity contribution >= 4 is 27.6 Å². The summed E-state index contributed by atoms with van der Waals surface area (Å²) in [4.78, 5) is 28.8. The van der Waals surface area contributed by atoms with Gasteiger partial charge in [-0.15, -0.1) is 0 Å². The molecule has 1 aliphatic rings. The summed E-state index contributed by atoms with van der Waals surface area (Å²) in [6.45, 7) is 10.2. The molecule has 0 unspecified atom stereocenters. The third kappa shape index (κ3) is 5.31. The molecule has 8 nitrogen and oxygen atoms in total. The third-order valence-electron chi connectivity index (χ3n) is 5.42. The molecule has 1 aromatic carbocycles. The Kier molecular flexibility index (Phi) is 8.66. The highest BCUT2D eigenvalue weighted by Gasteiger charge is 2.27. The second kappa shape index (κ2) is 10.8. The summed E-state index contributed by atoms with van der Waals surface area (Å²) in [5.41, 5.74) is 0.823. The Morgan fingerprint density at radius 3 is 2.13 bits per heavy atom. The van der Waals surface area contributed by atoms with Crippen LogP contribution in [0.4, 0.5) is 5.69 Å². The van der Waals surface area contributed by atoms with Crippen LogP contribution in [0, 0.1) is 0 Å².